The van der Waals surface area contributed by atoms with Crippen molar-refractivity contribution in [3.63, 3.8) is 0 Å². The maximum absolute atomic E-state index is 2.47. The SMILES string of the molecule is c1ccc(-c2ccc(-c3ccc(-n4c5ccc(N(c6ccccc6)c6ccccc6)cc5c5c4c4ccccc4n5-c4ccc(-c5ccc(-c6ccccc6)cc5)cc4)cc3)cc2)cc1. The summed E-state index contributed by atoms with van der Waals surface area (Å²) >= 11 is 0. The Hall–Kier alpha value is -8.66. The normalized spacial score (nSPS) is 11.4. The molecule has 3 nitrogen and oxygen atoms in total. The van der Waals surface area contributed by atoms with Gasteiger partial charge in [-0.1, -0.05) is 188 Å². The molecule has 0 aliphatic carbocycles. The zero-order valence-electron chi connectivity index (χ0n) is 35.7. The first kappa shape index (κ1) is 38.0. The third kappa shape index (κ3) is 6.87. The molecule has 0 bridgehead atoms. The molecular formula is C62H43N3. The summed E-state index contributed by atoms with van der Waals surface area (Å²) in [5.41, 5.74) is 19.8. The van der Waals surface area contributed by atoms with Gasteiger partial charge in [-0.2, -0.15) is 0 Å². The molecule has 0 radical (unpaired) electrons. The number of nitrogens with zero attached hydrogens (tertiary/aromatic N) is 3. The van der Waals surface area contributed by atoms with Crippen molar-refractivity contribution >= 4 is 49.9 Å². The van der Waals surface area contributed by atoms with Crippen LogP contribution in [0.15, 0.2) is 261 Å². The molecule has 2 aromatic heterocycles. The monoisotopic (exact) mass is 829 g/mol. The van der Waals surface area contributed by atoms with E-state index in [2.05, 4.69) is 275 Å². The van der Waals surface area contributed by atoms with Gasteiger partial charge < -0.3 is 14.0 Å². The lowest BCUT2D eigenvalue weighted by atomic mass is 10.0. The fraction of sp³-hybridized carbons (Fsp3) is 0. The van der Waals surface area contributed by atoms with Gasteiger partial charge in [0.25, 0.3) is 0 Å². The number of benzene rings is 10. The highest BCUT2D eigenvalue weighted by Gasteiger charge is 2.24. The van der Waals surface area contributed by atoms with Crippen LogP contribution >= 0.6 is 0 Å². The molecule has 10 aromatic carbocycles. The van der Waals surface area contributed by atoms with Crippen LogP contribution in [0.2, 0.25) is 0 Å². The molecule has 306 valence electrons. The minimum atomic E-state index is 1.09. The predicted molar refractivity (Wildman–Crippen MR) is 274 cm³/mol. The minimum Gasteiger partial charge on any atom is -0.310 e. The molecule has 65 heavy (non-hydrogen) atoms. The van der Waals surface area contributed by atoms with E-state index >= 15 is 0 Å². The number of hydrogen-bond acceptors (Lipinski definition) is 1. The Kier molecular flexibility index (Phi) is 9.50. The molecule has 0 amide bonds. The molecule has 0 unspecified atom stereocenters. The predicted octanol–water partition coefficient (Wildman–Crippen LogP) is 16.9. The molecule has 0 aliphatic rings. The van der Waals surface area contributed by atoms with Crippen LogP contribution in [0.5, 0.6) is 0 Å². The van der Waals surface area contributed by atoms with E-state index in [4.69, 9.17) is 0 Å². The second-order valence-corrected chi connectivity index (χ2v) is 16.6. The zero-order valence-corrected chi connectivity index (χ0v) is 35.7. The van der Waals surface area contributed by atoms with Gasteiger partial charge in [0.2, 0.25) is 0 Å². The first-order valence-corrected chi connectivity index (χ1v) is 22.3. The maximum atomic E-state index is 2.47. The summed E-state index contributed by atoms with van der Waals surface area (Å²) in [5, 5.41) is 2.37. The number of anilines is 3. The Morgan fingerprint density at radius 2 is 0.554 bits per heavy atom. The molecule has 12 rings (SSSR count). The highest BCUT2D eigenvalue weighted by Crippen LogP contribution is 2.44. The average molecular weight is 830 g/mol. The van der Waals surface area contributed by atoms with Crippen LogP contribution in [0.25, 0.3) is 88.7 Å². The zero-order chi connectivity index (χ0) is 43.1. The van der Waals surface area contributed by atoms with E-state index in [1.54, 1.807) is 0 Å². The number of rotatable bonds is 9. The van der Waals surface area contributed by atoms with E-state index < -0.39 is 0 Å². The van der Waals surface area contributed by atoms with Gasteiger partial charge in [-0.25, -0.2) is 0 Å². The second kappa shape index (κ2) is 16.2. The summed E-state index contributed by atoms with van der Waals surface area (Å²) < 4.78 is 4.93. The molecule has 0 aliphatic heterocycles. The first-order valence-electron chi connectivity index (χ1n) is 22.3. The Bertz CT molecular complexity index is 3410. The van der Waals surface area contributed by atoms with Crippen LogP contribution in [0.4, 0.5) is 17.1 Å². The van der Waals surface area contributed by atoms with Gasteiger partial charge in [-0.3, -0.25) is 0 Å². The lowest BCUT2D eigenvalue weighted by molar-refractivity contribution is 1.17. The van der Waals surface area contributed by atoms with Crippen molar-refractivity contribution in [2.75, 3.05) is 4.90 Å². The highest BCUT2D eigenvalue weighted by molar-refractivity contribution is 6.20. The van der Waals surface area contributed by atoms with Gasteiger partial charge in [-0.15, -0.1) is 0 Å². The summed E-state index contributed by atoms with van der Waals surface area (Å²) in [6.07, 6.45) is 0. The van der Waals surface area contributed by atoms with Crippen LogP contribution < -0.4 is 4.90 Å². The summed E-state index contributed by atoms with van der Waals surface area (Å²) in [6.45, 7) is 0. The van der Waals surface area contributed by atoms with Crippen LogP contribution in [-0.4, -0.2) is 9.13 Å². The Morgan fingerprint density at radius 1 is 0.231 bits per heavy atom. The second-order valence-electron chi connectivity index (χ2n) is 16.6. The standard InChI is InChI=1S/C62H43N3/c1-5-15-44(16-6-1)46-25-29-48(30-26-46)50-33-37-54(38-34-50)64-59-24-14-13-23-57(59)61-62(64)58-43-56(63(52-19-9-3-10-20-52)53-21-11-4-12-22-53)41-42-60(58)65(61)55-39-35-51(36-40-55)49-31-27-47(28-32-49)45-17-7-2-8-18-45/h1-43H. The molecule has 12 aromatic rings. The van der Waals surface area contributed by atoms with E-state index in [-0.39, 0.29) is 0 Å². The van der Waals surface area contributed by atoms with Crippen molar-refractivity contribution in [2.24, 2.45) is 0 Å². The van der Waals surface area contributed by atoms with E-state index in [9.17, 15) is 0 Å². The Morgan fingerprint density at radius 3 is 0.985 bits per heavy atom. The van der Waals surface area contributed by atoms with Crippen LogP contribution in [0.3, 0.4) is 0 Å². The van der Waals surface area contributed by atoms with Gasteiger partial charge in [-0.05, 0) is 117 Å². The molecule has 2 heterocycles. The highest BCUT2D eigenvalue weighted by atomic mass is 15.1. The van der Waals surface area contributed by atoms with E-state index in [0.29, 0.717) is 0 Å². The number of para-hydroxylation sites is 3. The summed E-state index contributed by atoms with van der Waals surface area (Å²) in [7, 11) is 0. The number of fused-ring (bicyclic) bond motifs is 5. The van der Waals surface area contributed by atoms with E-state index in [1.165, 1.54) is 66.3 Å². The van der Waals surface area contributed by atoms with Crippen LogP contribution in [0.1, 0.15) is 0 Å². The fourth-order valence-electron chi connectivity index (χ4n) is 9.58. The lowest BCUT2D eigenvalue weighted by Crippen LogP contribution is -2.09. The van der Waals surface area contributed by atoms with Gasteiger partial charge >= 0.3 is 0 Å². The Labute approximate surface area is 379 Å². The van der Waals surface area contributed by atoms with Crippen LogP contribution in [0, 0.1) is 0 Å². The van der Waals surface area contributed by atoms with Crippen molar-refractivity contribution in [3.8, 4) is 55.9 Å². The average Bonchev–Trinajstić information content (AvgIpc) is 3.90. The lowest BCUT2D eigenvalue weighted by Gasteiger charge is -2.25. The third-order valence-electron chi connectivity index (χ3n) is 12.7. The largest absolute Gasteiger partial charge is 0.310 e. The number of aromatic nitrogens is 2. The van der Waals surface area contributed by atoms with Gasteiger partial charge in [0, 0.05) is 39.2 Å². The summed E-state index contributed by atoms with van der Waals surface area (Å²) in [4.78, 5) is 2.35. The van der Waals surface area contributed by atoms with E-state index in [1.807, 2.05) is 0 Å². The molecular weight excluding hydrogens is 787 g/mol. The quantitative estimate of drug-likeness (QED) is 0.141. The van der Waals surface area contributed by atoms with Crippen molar-refractivity contribution < 1.29 is 0 Å². The fourth-order valence-corrected chi connectivity index (χ4v) is 9.58. The van der Waals surface area contributed by atoms with Crippen molar-refractivity contribution in [1.82, 2.24) is 9.13 Å². The third-order valence-corrected chi connectivity index (χ3v) is 12.7. The molecule has 0 N–H and O–H groups in total. The first-order chi connectivity index (χ1) is 32.2. The smallest absolute Gasteiger partial charge is 0.0804 e. The van der Waals surface area contributed by atoms with Crippen LogP contribution in [-0.2, 0) is 0 Å². The Balaban J connectivity index is 1.03. The number of hydrogen-bond donors (Lipinski definition) is 0. The van der Waals surface area contributed by atoms with Gasteiger partial charge in [0.05, 0.1) is 22.1 Å². The van der Waals surface area contributed by atoms with Gasteiger partial charge in [0.1, 0.15) is 0 Å². The molecule has 0 spiro atoms. The molecule has 0 saturated carbocycles. The molecule has 0 saturated heterocycles. The molecule has 0 atom stereocenters. The molecule has 3 heteroatoms. The maximum Gasteiger partial charge on any atom is 0.0804 e. The summed E-state index contributed by atoms with van der Waals surface area (Å²) in [6, 6.07) is 94.2. The minimum absolute atomic E-state index is 1.09. The van der Waals surface area contributed by atoms with E-state index in [0.717, 1.165) is 39.5 Å². The van der Waals surface area contributed by atoms with Crippen molar-refractivity contribution in [2.45, 2.75) is 0 Å². The summed E-state index contributed by atoms with van der Waals surface area (Å²) in [5.74, 6) is 0. The molecule has 0 fully saturated rings. The van der Waals surface area contributed by atoms with Crippen molar-refractivity contribution in [1.29, 1.82) is 0 Å². The van der Waals surface area contributed by atoms with Gasteiger partial charge in [0.15, 0.2) is 0 Å². The topological polar surface area (TPSA) is 13.1 Å². The van der Waals surface area contributed by atoms with Crippen molar-refractivity contribution in [3.05, 3.63) is 261 Å².